The highest BCUT2D eigenvalue weighted by Crippen LogP contribution is 2.32. The normalized spacial score (nSPS) is 15.6. The molecule has 0 saturated heterocycles. The van der Waals surface area contributed by atoms with Gasteiger partial charge in [0.2, 0.25) is 5.91 Å². The number of carbonyl (C=O) groups excluding carboxylic acids is 1. The average Bonchev–Trinajstić information content (AvgIpc) is 3.32. The molecule has 1 N–H and O–H groups in total. The van der Waals surface area contributed by atoms with E-state index in [4.69, 9.17) is 27.9 Å². The maximum atomic E-state index is 12.2. The molecule has 9 heteroatoms. The second-order valence-corrected chi connectivity index (χ2v) is 8.54. The first kappa shape index (κ1) is 21.3. The molecule has 0 bridgehead atoms. The molecule has 1 aromatic heterocycles. The lowest BCUT2D eigenvalue weighted by atomic mass is 10.2. The monoisotopic (exact) mass is 442 g/mol. The third kappa shape index (κ3) is 5.33. The molecule has 1 atom stereocenters. The van der Waals surface area contributed by atoms with Gasteiger partial charge in [0.1, 0.15) is 5.75 Å². The second kappa shape index (κ2) is 9.85. The van der Waals surface area contributed by atoms with Crippen LogP contribution in [0.1, 0.15) is 51.5 Å². The van der Waals surface area contributed by atoms with Gasteiger partial charge in [0.05, 0.1) is 10.8 Å². The molecule has 1 aliphatic rings. The van der Waals surface area contributed by atoms with Crippen LogP contribution in [-0.2, 0) is 11.3 Å². The molecule has 3 rings (SSSR count). The van der Waals surface area contributed by atoms with E-state index < -0.39 is 0 Å². The molecule has 1 amide bonds. The van der Waals surface area contributed by atoms with E-state index >= 15 is 0 Å². The Labute approximate surface area is 179 Å². The van der Waals surface area contributed by atoms with E-state index in [0.29, 0.717) is 45.1 Å². The van der Waals surface area contributed by atoms with Gasteiger partial charge >= 0.3 is 0 Å². The van der Waals surface area contributed by atoms with Crippen LogP contribution in [0.2, 0.25) is 10.0 Å². The van der Waals surface area contributed by atoms with Gasteiger partial charge in [0.25, 0.3) is 0 Å². The van der Waals surface area contributed by atoms with Crippen molar-refractivity contribution in [2.45, 2.75) is 63.4 Å². The standard InChI is InChI=1S/C19H24Cl2N4O2S/c1-3-25-18(12(2)27-16-10-13(20)8-9-15(16)21)23-24-19(25)28-11-17(26)22-14-6-4-5-7-14/h8-10,12,14H,3-7,11H2,1-2H3,(H,22,26). The van der Waals surface area contributed by atoms with Gasteiger partial charge in [0.15, 0.2) is 17.1 Å². The third-order valence-corrected chi connectivity index (χ3v) is 6.19. The molecule has 1 aliphatic carbocycles. The summed E-state index contributed by atoms with van der Waals surface area (Å²) in [6.07, 6.45) is 4.17. The van der Waals surface area contributed by atoms with Gasteiger partial charge in [0, 0.05) is 23.7 Å². The van der Waals surface area contributed by atoms with Gasteiger partial charge in [-0.25, -0.2) is 0 Å². The summed E-state index contributed by atoms with van der Waals surface area (Å²) < 4.78 is 7.91. The molecular formula is C19H24Cl2N4O2S. The summed E-state index contributed by atoms with van der Waals surface area (Å²) in [5.41, 5.74) is 0. The Bertz CT molecular complexity index is 824. The van der Waals surface area contributed by atoms with E-state index in [2.05, 4.69) is 15.5 Å². The maximum absolute atomic E-state index is 12.2. The summed E-state index contributed by atoms with van der Waals surface area (Å²) >= 11 is 13.6. The van der Waals surface area contributed by atoms with Crippen LogP contribution in [0.15, 0.2) is 23.4 Å². The Balaban J connectivity index is 1.63. The molecular weight excluding hydrogens is 419 g/mol. The van der Waals surface area contributed by atoms with E-state index in [1.54, 1.807) is 18.2 Å². The Kier molecular flexibility index (Phi) is 7.48. The third-order valence-electron chi connectivity index (χ3n) is 4.67. The van der Waals surface area contributed by atoms with Crippen LogP contribution in [0.5, 0.6) is 5.75 Å². The molecule has 1 saturated carbocycles. The van der Waals surface area contributed by atoms with Gasteiger partial charge in [-0.3, -0.25) is 4.79 Å². The van der Waals surface area contributed by atoms with Gasteiger partial charge in [-0.15, -0.1) is 10.2 Å². The molecule has 1 aromatic carbocycles. The Hall–Kier alpha value is -1.44. The van der Waals surface area contributed by atoms with Crippen LogP contribution in [-0.4, -0.2) is 32.5 Å². The minimum absolute atomic E-state index is 0.0408. The SMILES string of the molecule is CCn1c(SCC(=O)NC2CCCC2)nnc1C(C)Oc1cc(Cl)ccc1Cl. The lowest BCUT2D eigenvalue weighted by Gasteiger charge is -2.16. The predicted octanol–water partition coefficient (Wildman–Crippen LogP) is 4.90. The second-order valence-electron chi connectivity index (χ2n) is 6.76. The van der Waals surface area contributed by atoms with Crippen molar-refractivity contribution in [1.29, 1.82) is 0 Å². The van der Waals surface area contributed by atoms with Crippen molar-refractivity contribution in [1.82, 2.24) is 20.1 Å². The van der Waals surface area contributed by atoms with E-state index in [1.165, 1.54) is 24.6 Å². The molecule has 2 aromatic rings. The van der Waals surface area contributed by atoms with Gasteiger partial charge < -0.3 is 14.6 Å². The number of nitrogens with zero attached hydrogens (tertiary/aromatic N) is 3. The molecule has 1 fully saturated rings. The van der Waals surface area contributed by atoms with Crippen molar-refractivity contribution in [3.63, 3.8) is 0 Å². The van der Waals surface area contributed by atoms with Crippen LogP contribution >= 0.6 is 35.0 Å². The molecule has 0 spiro atoms. The van der Waals surface area contributed by atoms with Crippen LogP contribution < -0.4 is 10.1 Å². The number of aromatic nitrogens is 3. The van der Waals surface area contributed by atoms with Gasteiger partial charge in [-0.05, 0) is 38.8 Å². The van der Waals surface area contributed by atoms with E-state index in [1.807, 2.05) is 18.4 Å². The van der Waals surface area contributed by atoms with Crippen molar-refractivity contribution in [2.75, 3.05) is 5.75 Å². The smallest absolute Gasteiger partial charge is 0.230 e. The zero-order valence-electron chi connectivity index (χ0n) is 16.0. The number of hydrogen-bond donors (Lipinski definition) is 1. The number of rotatable bonds is 8. The summed E-state index contributed by atoms with van der Waals surface area (Å²) in [5.74, 6) is 1.54. The van der Waals surface area contributed by atoms with E-state index in [9.17, 15) is 4.79 Å². The minimum atomic E-state index is -0.370. The average molecular weight is 443 g/mol. The minimum Gasteiger partial charge on any atom is -0.481 e. The highest BCUT2D eigenvalue weighted by Gasteiger charge is 2.21. The van der Waals surface area contributed by atoms with Crippen molar-refractivity contribution >= 4 is 40.9 Å². The molecule has 6 nitrogen and oxygen atoms in total. The molecule has 28 heavy (non-hydrogen) atoms. The van der Waals surface area contributed by atoms with E-state index in [-0.39, 0.29) is 12.0 Å². The first-order valence-corrected chi connectivity index (χ1v) is 11.2. The number of benzene rings is 1. The van der Waals surface area contributed by atoms with E-state index in [0.717, 1.165) is 12.8 Å². The summed E-state index contributed by atoms with van der Waals surface area (Å²) in [7, 11) is 0. The first-order chi connectivity index (χ1) is 13.5. The van der Waals surface area contributed by atoms with Crippen molar-refractivity contribution in [2.24, 2.45) is 0 Å². The van der Waals surface area contributed by atoms with Crippen molar-refractivity contribution < 1.29 is 9.53 Å². The Morgan fingerprint density at radius 1 is 1.36 bits per heavy atom. The van der Waals surface area contributed by atoms with Crippen molar-refractivity contribution in [3.8, 4) is 5.75 Å². The number of nitrogens with one attached hydrogen (secondary N) is 1. The number of halogens is 2. The van der Waals surface area contributed by atoms with Crippen LogP contribution in [0.25, 0.3) is 0 Å². The fourth-order valence-corrected chi connectivity index (χ4v) is 4.43. The quantitative estimate of drug-likeness (QED) is 0.588. The molecule has 152 valence electrons. The summed E-state index contributed by atoms with van der Waals surface area (Å²) in [6, 6.07) is 5.40. The zero-order valence-corrected chi connectivity index (χ0v) is 18.3. The topological polar surface area (TPSA) is 69.0 Å². The fraction of sp³-hybridized carbons (Fsp3) is 0.526. The maximum Gasteiger partial charge on any atom is 0.230 e. The molecule has 1 heterocycles. The summed E-state index contributed by atoms with van der Waals surface area (Å²) in [5, 5.41) is 13.4. The van der Waals surface area contributed by atoms with Crippen molar-refractivity contribution in [3.05, 3.63) is 34.1 Å². The number of ether oxygens (including phenoxy) is 1. The fourth-order valence-electron chi connectivity index (χ4n) is 3.29. The lowest BCUT2D eigenvalue weighted by Crippen LogP contribution is -2.33. The Morgan fingerprint density at radius 3 is 2.82 bits per heavy atom. The highest BCUT2D eigenvalue weighted by atomic mass is 35.5. The Morgan fingerprint density at radius 2 is 2.11 bits per heavy atom. The number of amides is 1. The summed E-state index contributed by atoms with van der Waals surface area (Å²) in [6.45, 7) is 4.56. The number of carbonyl (C=O) groups is 1. The first-order valence-electron chi connectivity index (χ1n) is 9.45. The zero-order chi connectivity index (χ0) is 20.1. The number of hydrogen-bond acceptors (Lipinski definition) is 5. The highest BCUT2D eigenvalue weighted by molar-refractivity contribution is 7.99. The largest absolute Gasteiger partial charge is 0.481 e. The molecule has 0 aliphatic heterocycles. The van der Waals surface area contributed by atoms with Crippen LogP contribution in [0.3, 0.4) is 0 Å². The lowest BCUT2D eigenvalue weighted by molar-refractivity contribution is -0.119. The summed E-state index contributed by atoms with van der Waals surface area (Å²) in [4.78, 5) is 12.2. The van der Waals surface area contributed by atoms with Crippen LogP contribution in [0, 0.1) is 0 Å². The van der Waals surface area contributed by atoms with Gasteiger partial charge in [-0.1, -0.05) is 47.8 Å². The molecule has 0 radical (unpaired) electrons. The van der Waals surface area contributed by atoms with Gasteiger partial charge in [-0.2, -0.15) is 0 Å². The van der Waals surface area contributed by atoms with Crippen LogP contribution in [0.4, 0.5) is 0 Å². The number of thioether (sulfide) groups is 1. The molecule has 1 unspecified atom stereocenters. The predicted molar refractivity (Wildman–Crippen MR) is 112 cm³/mol.